The van der Waals surface area contributed by atoms with Gasteiger partial charge in [-0.2, -0.15) is 0 Å². The number of methoxy groups -OCH3 is 1. The van der Waals surface area contributed by atoms with Gasteiger partial charge < -0.3 is 15.6 Å². The molecule has 0 atom stereocenters. The fraction of sp³-hybridized carbons (Fsp3) is 0.538. The molecule has 0 saturated heterocycles. The van der Waals surface area contributed by atoms with Crippen LogP contribution in [-0.2, 0) is 5.41 Å². The third-order valence-electron chi connectivity index (χ3n) is 3.86. The van der Waals surface area contributed by atoms with Crippen LogP contribution in [0, 0.1) is 0 Å². The number of rotatable bonds is 4. The highest BCUT2D eigenvalue weighted by atomic mass is 19.3. The van der Waals surface area contributed by atoms with E-state index in [9.17, 15) is 13.9 Å². The Morgan fingerprint density at radius 2 is 2.11 bits per heavy atom. The number of benzene rings is 1. The van der Waals surface area contributed by atoms with Crippen molar-refractivity contribution in [3.8, 4) is 11.5 Å². The Bertz CT molecular complexity index is 439. The summed E-state index contributed by atoms with van der Waals surface area (Å²) in [6, 6.07) is 2.79. The maximum atomic E-state index is 12.9. The standard InChI is InChI=1S/C13H17F2NO2/c1-18-8-5-9(12(14)15)11(17)10(6-8)13(7-16)3-2-4-13/h5-6,12,17H,2-4,7,16H2,1H3. The molecule has 5 heteroatoms. The first kappa shape index (κ1) is 13.1. The van der Waals surface area contributed by atoms with Crippen molar-refractivity contribution < 1.29 is 18.6 Å². The third kappa shape index (κ3) is 1.92. The van der Waals surface area contributed by atoms with Gasteiger partial charge >= 0.3 is 0 Å². The minimum Gasteiger partial charge on any atom is -0.507 e. The van der Waals surface area contributed by atoms with E-state index in [0.29, 0.717) is 17.9 Å². The van der Waals surface area contributed by atoms with Crippen LogP contribution in [0.1, 0.15) is 36.8 Å². The van der Waals surface area contributed by atoms with Crippen molar-refractivity contribution >= 4 is 0 Å². The molecule has 1 fully saturated rings. The molecule has 0 aromatic heterocycles. The molecule has 1 aliphatic rings. The molecule has 0 amide bonds. The molecular formula is C13H17F2NO2. The van der Waals surface area contributed by atoms with Gasteiger partial charge in [-0.3, -0.25) is 0 Å². The Kier molecular flexibility index (Phi) is 3.43. The molecule has 0 unspecified atom stereocenters. The van der Waals surface area contributed by atoms with Crippen LogP contribution in [0.15, 0.2) is 12.1 Å². The molecule has 100 valence electrons. The van der Waals surface area contributed by atoms with E-state index in [4.69, 9.17) is 10.5 Å². The SMILES string of the molecule is COc1cc(C(F)F)c(O)c(C2(CN)CCC2)c1. The molecule has 0 radical (unpaired) electrons. The van der Waals surface area contributed by atoms with Crippen molar-refractivity contribution in [2.75, 3.05) is 13.7 Å². The zero-order valence-electron chi connectivity index (χ0n) is 10.2. The van der Waals surface area contributed by atoms with Crippen LogP contribution in [-0.4, -0.2) is 18.8 Å². The van der Waals surface area contributed by atoms with Crippen LogP contribution in [0.5, 0.6) is 11.5 Å². The topological polar surface area (TPSA) is 55.5 Å². The summed E-state index contributed by atoms with van der Waals surface area (Å²) in [4.78, 5) is 0. The molecule has 2 rings (SSSR count). The van der Waals surface area contributed by atoms with E-state index in [2.05, 4.69) is 0 Å². The molecule has 1 aromatic carbocycles. The Morgan fingerprint density at radius 3 is 2.50 bits per heavy atom. The minimum atomic E-state index is -2.73. The van der Waals surface area contributed by atoms with Gasteiger partial charge in [0.1, 0.15) is 11.5 Å². The van der Waals surface area contributed by atoms with Crippen molar-refractivity contribution in [2.45, 2.75) is 31.1 Å². The van der Waals surface area contributed by atoms with Crippen LogP contribution < -0.4 is 10.5 Å². The predicted molar refractivity (Wildman–Crippen MR) is 64.2 cm³/mol. The maximum Gasteiger partial charge on any atom is 0.267 e. The Hall–Kier alpha value is -1.36. The van der Waals surface area contributed by atoms with Crippen molar-refractivity contribution in [1.82, 2.24) is 0 Å². The summed E-state index contributed by atoms with van der Waals surface area (Å²) in [5.41, 5.74) is 5.48. The number of nitrogens with two attached hydrogens (primary N) is 1. The third-order valence-corrected chi connectivity index (χ3v) is 3.86. The average molecular weight is 257 g/mol. The largest absolute Gasteiger partial charge is 0.507 e. The number of phenolic OH excluding ortho intramolecular Hbond substituents is 1. The van der Waals surface area contributed by atoms with Gasteiger partial charge in [0.25, 0.3) is 6.43 Å². The highest BCUT2D eigenvalue weighted by Gasteiger charge is 2.40. The van der Waals surface area contributed by atoms with Crippen LogP contribution in [0.3, 0.4) is 0 Å². The molecule has 1 saturated carbocycles. The van der Waals surface area contributed by atoms with E-state index in [1.807, 2.05) is 0 Å². The Balaban J connectivity index is 2.55. The number of phenols is 1. The first-order chi connectivity index (χ1) is 8.54. The number of hydrogen-bond acceptors (Lipinski definition) is 3. The first-order valence-electron chi connectivity index (χ1n) is 5.93. The summed E-state index contributed by atoms with van der Waals surface area (Å²) in [5.74, 6) is -0.00576. The Morgan fingerprint density at radius 1 is 1.44 bits per heavy atom. The molecule has 0 aliphatic heterocycles. The second kappa shape index (κ2) is 4.72. The summed E-state index contributed by atoms with van der Waals surface area (Å²) in [6.07, 6.45) is -0.105. The van der Waals surface area contributed by atoms with Crippen molar-refractivity contribution in [3.05, 3.63) is 23.3 Å². The zero-order valence-corrected chi connectivity index (χ0v) is 10.2. The van der Waals surface area contributed by atoms with E-state index >= 15 is 0 Å². The normalized spacial score (nSPS) is 17.6. The summed E-state index contributed by atoms with van der Waals surface area (Å²) < 4.78 is 30.8. The predicted octanol–water partition coefficient (Wildman–Crippen LogP) is 2.72. The summed E-state index contributed by atoms with van der Waals surface area (Å²) >= 11 is 0. The van der Waals surface area contributed by atoms with E-state index in [1.54, 1.807) is 6.07 Å². The number of hydrogen-bond donors (Lipinski definition) is 2. The lowest BCUT2D eigenvalue weighted by atomic mass is 9.64. The fourth-order valence-electron chi connectivity index (χ4n) is 2.50. The molecule has 3 N–H and O–H groups in total. The molecule has 1 aliphatic carbocycles. The van der Waals surface area contributed by atoms with Crippen LogP contribution in [0.4, 0.5) is 8.78 Å². The molecule has 0 heterocycles. The monoisotopic (exact) mass is 257 g/mol. The van der Waals surface area contributed by atoms with Gasteiger partial charge in [0, 0.05) is 17.5 Å². The highest BCUT2D eigenvalue weighted by Crippen LogP contribution is 2.49. The molecule has 1 aromatic rings. The lowest BCUT2D eigenvalue weighted by molar-refractivity contribution is 0.145. The minimum absolute atomic E-state index is 0.331. The molecule has 0 spiro atoms. The molecule has 3 nitrogen and oxygen atoms in total. The summed E-state index contributed by atoms with van der Waals surface area (Å²) in [7, 11) is 1.42. The molecule has 18 heavy (non-hydrogen) atoms. The summed E-state index contributed by atoms with van der Waals surface area (Å²) in [6.45, 7) is 0.344. The number of ether oxygens (including phenoxy) is 1. The summed E-state index contributed by atoms with van der Waals surface area (Å²) in [5, 5.41) is 10.0. The number of alkyl halides is 2. The van der Waals surface area contributed by atoms with Gasteiger partial charge in [-0.05, 0) is 25.0 Å². The smallest absolute Gasteiger partial charge is 0.267 e. The maximum absolute atomic E-state index is 12.9. The molecular weight excluding hydrogens is 240 g/mol. The van der Waals surface area contributed by atoms with E-state index in [1.165, 1.54) is 13.2 Å². The van der Waals surface area contributed by atoms with Crippen LogP contribution in [0.2, 0.25) is 0 Å². The van der Waals surface area contributed by atoms with Gasteiger partial charge in [0.15, 0.2) is 0 Å². The molecule has 0 bridgehead atoms. The fourth-order valence-corrected chi connectivity index (χ4v) is 2.50. The number of halogens is 2. The average Bonchev–Trinajstić information content (AvgIpc) is 2.30. The highest BCUT2D eigenvalue weighted by molar-refractivity contribution is 5.51. The van der Waals surface area contributed by atoms with Crippen molar-refractivity contribution in [2.24, 2.45) is 5.73 Å². The van der Waals surface area contributed by atoms with E-state index < -0.39 is 6.43 Å². The lowest BCUT2D eigenvalue weighted by Gasteiger charge is -2.42. The Labute approximate surface area is 105 Å². The van der Waals surface area contributed by atoms with Gasteiger partial charge in [-0.1, -0.05) is 6.42 Å². The zero-order chi connectivity index (χ0) is 13.3. The first-order valence-corrected chi connectivity index (χ1v) is 5.93. The van der Waals surface area contributed by atoms with E-state index in [-0.39, 0.29) is 16.7 Å². The van der Waals surface area contributed by atoms with Crippen LogP contribution in [0.25, 0.3) is 0 Å². The quantitative estimate of drug-likeness (QED) is 0.872. The van der Waals surface area contributed by atoms with Gasteiger partial charge in [-0.15, -0.1) is 0 Å². The number of aromatic hydroxyl groups is 1. The van der Waals surface area contributed by atoms with E-state index in [0.717, 1.165) is 19.3 Å². The second-order valence-corrected chi connectivity index (χ2v) is 4.75. The van der Waals surface area contributed by atoms with Gasteiger partial charge in [0.2, 0.25) is 0 Å². The van der Waals surface area contributed by atoms with Crippen LogP contribution >= 0.6 is 0 Å². The lowest BCUT2D eigenvalue weighted by Crippen LogP contribution is -2.41. The van der Waals surface area contributed by atoms with Crippen molar-refractivity contribution in [1.29, 1.82) is 0 Å². The van der Waals surface area contributed by atoms with Crippen molar-refractivity contribution in [3.63, 3.8) is 0 Å². The van der Waals surface area contributed by atoms with Gasteiger partial charge in [0.05, 0.1) is 12.7 Å². The van der Waals surface area contributed by atoms with Gasteiger partial charge in [-0.25, -0.2) is 8.78 Å². The second-order valence-electron chi connectivity index (χ2n) is 4.75.